The van der Waals surface area contributed by atoms with E-state index in [-0.39, 0.29) is 5.41 Å². The van der Waals surface area contributed by atoms with Gasteiger partial charge in [-0.2, -0.15) is 5.10 Å². The van der Waals surface area contributed by atoms with Crippen LogP contribution in [0.1, 0.15) is 52.2 Å². The Labute approximate surface area is 188 Å². The highest BCUT2D eigenvalue weighted by atomic mass is 35.5. The summed E-state index contributed by atoms with van der Waals surface area (Å²) in [5.41, 5.74) is 4.10. The highest BCUT2D eigenvalue weighted by Crippen LogP contribution is 2.38. The number of rotatable bonds is 7. The van der Waals surface area contributed by atoms with Crippen molar-refractivity contribution >= 4 is 29.5 Å². The second-order valence-electron chi connectivity index (χ2n) is 8.96. The van der Waals surface area contributed by atoms with Crippen molar-refractivity contribution in [3.8, 4) is 11.3 Å². The molecule has 3 rings (SSSR count). The number of benzene rings is 1. The zero-order valence-electron chi connectivity index (χ0n) is 18.5. The summed E-state index contributed by atoms with van der Waals surface area (Å²) >= 11 is 8.14. The molecule has 3 aromatic rings. The van der Waals surface area contributed by atoms with Gasteiger partial charge in [0, 0.05) is 24.4 Å². The SMILES string of the molecule is CC(C)CCc1ccccc1-c1nc(NSc2cnn(C)c2)nc(Cl)c1C(C)(C)C. The van der Waals surface area contributed by atoms with E-state index >= 15 is 0 Å². The molecule has 0 aliphatic rings. The van der Waals surface area contributed by atoms with Gasteiger partial charge in [-0.3, -0.25) is 9.40 Å². The van der Waals surface area contributed by atoms with E-state index in [2.05, 4.69) is 73.7 Å². The molecule has 0 amide bonds. The molecule has 0 atom stereocenters. The first kappa shape index (κ1) is 22.6. The summed E-state index contributed by atoms with van der Waals surface area (Å²) in [7, 11) is 1.89. The molecule has 1 N–H and O–H groups in total. The Morgan fingerprint density at radius 3 is 2.53 bits per heavy atom. The molecule has 5 nitrogen and oxygen atoms in total. The van der Waals surface area contributed by atoms with Gasteiger partial charge in [-0.15, -0.1) is 0 Å². The van der Waals surface area contributed by atoms with E-state index in [4.69, 9.17) is 16.6 Å². The zero-order valence-corrected chi connectivity index (χ0v) is 20.1. The molecule has 0 spiro atoms. The van der Waals surface area contributed by atoms with Crippen LogP contribution in [0.25, 0.3) is 11.3 Å². The van der Waals surface area contributed by atoms with Crippen molar-refractivity contribution in [2.24, 2.45) is 13.0 Å². The van der Waals surface area contributed by atoms with Crippen LogP contribution in [0.2, 0.25) is 5.15 Å². The molecule has 7 heteroatoms. The van der Waals surface area contributed by atoms with Crippen LogP contribution in [0.5, 0.6) is 0 Å². The van der Waals surface area contributed by atoms with Gasteiger partial charge in [0.15, 0.2) is 0 Å². The van der Waals surface area contributed by atoms with Crippen LogP contribution >= 0.6 is 23.5 Å². The Hall–Kier alpha value is -2.05. The highest BCUT2D eigenvalue weighted by Gasteiger charge is 2.26. The molecule has 0 fully saturated rings. The van der Waals surface area contributed by atoms with Gasteiger partial charge in [-0.25, -0.2) is 9.97 Å². The fourth-order valence-electron chi connectivity index (χ4n) is 3.31. The predicted molar refractivity (Wildman–Crippen MR) is 127 cm³/mol. The summed E-state index contributed by atoms with van der Waals surface area (Å²) in [4.78, 5) is 10.5. The lowest BCUT2D eigenvalue weighted by Gasteiger charge is -2.25. The van der Waals surface area contributed by atoms with Gasteiger partial charge in [-0.1, -0.05) is 70.5 Å². The topological polar surface area (TPSA) is 55.6 Å². The van der Waals surface area contributed by atoms with E-state index in [0.717, 1.165) is 34.6 Å². The largest absolute Gasteiger partial charge is 0.294 e. The van der Waals surface area contributed by atoms with Crippen molar-refractivity contribution in [2.75, 3.05) is 4.72 Å². The van der Waals surface area contributed by atoms with Crippen molar-refractivity contribution in [2.45, 2.75) is 57.8 Å². The van der Waals surface area contributed by atoms with Crippen LogP contribution in [-0.4, -0.2) is 19.7 Å². The fraction of sp³-hybridized carbons (Fsp3) is 0.435. The molecular formula is C23H30ClN5S. The van der Waals surface area contributed by atoms with Gasteiger partial charge in [0.1, 0.15) is 5.15 Å². The number of nitrogens with zero attached hydrogens (tertiary/aromatic N) is 4. The predicted octanol–water partition coefficient (Wildman–Crippen LogP) is 6.54. The van der Waals surface area contributed by atoms with Crippen LogP contribution in [0.4, 0.5) is 5.95 Å². The Morgan fingerprint density at radius 1 is 1.17 bits per heavy atom. The number of halogens is 1. The zero-order chi connectivity index (χ0) is 21.9. The Kier molecular flexibility index (Phi) is 7.09. The van der Waals surface area contributed by atoms with E-state index in [9.17, 15) is 0 Å². The van der Waals surface area contributed by atoms with Gasteiger partial charge >= 0.3 is 0 Å². The molecule has 0 radical (unpaired) electrons. The second-order valence-corrected chi connectivity index (χ2v) is 10.2. The Balaban J connectivity index is 2.04. The Bertz CT molecular complexity index is 1010. The number of hydrogen-bond donors (Lipinski definition) is 1. The molecule has 2 aromatic heterocycles. The summed E-state index contributed by atoms with van der Waals surface area (Å²) in [6, 6.07) is 8.49. The minimum absolute atomic E-state index is 0.188. The van der Waals surface area contributed by atoms with E-state index in [1.54, 1.807) is 10.9 Å². The average molecular weight is 444 g/mol. The number of hydrogen-bond acceptors (Lipinski definition) is 5. The standard InChI is InChI=1S/C23H30ClN5S/c1-15(2)11-12-16-9-7-8-10-18(16)20-19(23(3,4)5)21(24)27-22(26-20)28-30-17-13-25-29(6)14-17/h7-10,13-15H,11-12H2,1-6H3,(H,26,27,28). The van der Waals surface area contributed by atoms with Crippen LogP contribution in [0.15, 0.2) is 41.6 Å². The van der Waals surface area contributed by atoms with Crippen molar-refractivity contribution in [1.82, 2.24) is 19.7 Å². The number of aromatic nitrogens is 4. The first-order valence-corrected chi connectivity index (χ1v) is 11.4. The van der Waals surface area contributed by atoms with E-state index < -0.39 is 0 Å². The number of aryl methyl sites for hydroxylation is 2. The maximum absolute atomic E-state index is 6.72. The highest BCUT2D eigenvalue weighted by molar-refractivity contribution is 8.00. The smallest absolute Gasteiger partial charge is 0.235 e. The van der Waals surface area contributed by atoms with Gasteiger partial charge in [-0.05, 0) is 41.7 Å². The van der Waals surface area contributed by atoms with Gasteiger partial charge < -0.3 is 0 Å². The normalized spacial score (nSPS) is 11.9. The molecular weight excluding hydrogens is 414 g/mol. The number of anilines is 1. The molecule has 30 heavy (non-hydrogen) atoms. The van der Waals surface area contributed by atoms with Crippen LogP contribution < -0.4 is 4.72 Å². The van der Waals surface area contributed by atoms with E-state index in [1.165, 1.54) is 17.5 Å². The van der Waals surface area contributed by atoms with E-state index in [0.29, 0.717) is 17.0 Å². The monoisotopic (exact) mass is 443 g/mol. The third-order valence-electron chi connectivity index (χ3n) is 4.82. The van der Waals surface area contributed by atoms with Crippen molar-refractivity contribution in [3.63, 3.8) is 0 Å². The third kappa shape index (κ3) is 5.55. The second kappa shape index (κ2) is 9.40. The number of nitrogens with one attached hydrogen (secondary N) is 1. The summed E-state index contributed by atoms with van der Waals surface area (Å²) in [6.45, 7) is 10.9. The maximum atomic E-state index is 6.72. The third-order valence-corrected chi connectivity index (χ3v) is 5.82. The van der Waals surface area contributed by atoms with Crippen molar-refractivity contribution in [1.29, 1.82) is 0 Å². The van der Waals surface area contributed by atoms with Crippen molar-refractivity contribution < 1.29 is 0 Å². The van der Waals surface area contributed by atoms with Crippen molar-refractivity contribution in [3.05, 3.63) is 52.9 Å². The molecule has 1 aromatic carbocycles. The first-order chi connectivity index (χ1) is 14.1. The van der Waals surface area contributed by atoms with Crippen LogP contribution in [0.3, 0.4) is 0 Å². The Morgan fingerprint density at radius 2 is 1.90 bits per heavy atom. The molecule has 2 heterocycles. The lowest BCUT2D eigenvalue weighted by molar-refractivity contribution is 0.583. The molecule has 0 saturated carbocycles. The summed E-state index contributed by atoms with van der Waals surface area (Å²) in [5, 5.41) is 4.68. The molecule has 0 saturated heterocycles. The van der Waals surface area contributed by atoms with E-state index in [1.807, 2.05) is 13.2 Å². The lowest BCUT2D eigenvalue weighted by Crippen LogP contribution is -2.17. The quantitative estimate of drug-likeness (QED) is 0.332. The van der Waals surface area contributed by atoms with Crippen LogP contribution in [0, 0.1) is 5.92 Å². The molecule has 0 aliphatic carbocycles. The summed E-state index contributed by atoms with van der Waals surface area (Å²) in [6.07, 6.45) is 5.87. The summed E-state index contributed by atoms with van der Waals surface area (Å²) < 4.78 is 4.99. The van der Waals surface area contributed by atoms with Gasteiger partial charge in [0.05, 0.1) is 16.8 Å². The minimum atomic E-state index is -0.188. The molecule has 0 unspecified atom stereocenters. The van der Waals surface area contributed by atoms with Crippen LogP contribution in [-0.2, 0) is 18.9 Å². The summed E-state index contributed by atoms with van der Waals surface area (Å²) in [5.74, 6) is 1.14. The fourth-order valence-corrected chi connectivity index (χ4v) is 4.37. The average Bonchev–Trinajstić information content (AvgIpc) is 3.08. The maximum Gasteiger partial charge on any atom is 0.235 e. The minimum Gasteiger partial charge on any atom is -0.294 e. The molecule has 0 bridgehead atoms. The first-order valence-electron chi connectivity index (χ1n) is 10.2. The van der Waals surface area contributed by atoms with Gasteiger partial charge in [0.2, 0.25) is 5.95 Å². The van der Waals surface area contributed by atoms with Gasteiger partial charge in [0.25, 0.3) is 0 Å². The molecule has 160 valence electrons. The lowest BCUT2D eigenvalue weighted by atomic mass is 9.83. The molecule has 0 aliphatic heterocycles.